The lowest BCUT2D eigenvalue weighted by Crippen LogP contribution is -2.14. The summed E-state index contributed by atoms with van der Waals surface area (Å²) in [6, 6.07) is 6.07. The highest BCUT2D eigenvalue weighted by Crippen LogP contribution is 2.17. The van der Waals surface area contributed by atoms with E-state index in [1.54, 1.807) is 11.3 Å². The predicted molar refractivity (Wildman–Crippen MR) is 81.4 cm³/mol. The van der Waals surface area contributed by atoms with Gasteiger partial charge in [0.2, 0.25) is 0 Å². The van der Waals surface area contributed by atoms with Gasteiger partial charge in [-0.1, -0.05) is 23.8 Å². The van der Waals surface area contributed by atoms with Crippen LogP contribution in [0.25, 0.3) is 0 Å². The molecule has 5 heteroatoms. The zero-order chi connectivity index (χ0) is 13.0. The van der Waals surface area contributed by atoms with Crippen LogP contribution in [0.2, 0.25) is 0 Å². The Morgan fingerprint density at radius 1 is 1.50 bits per heavy atom. The van der Waals surface area contributed by atoms with Crippen molar-refractivity contribution in [3.8, 4) is 0 Å². The average molecular weight is 277 g/mol. The zero-order valence-electron chi connectivity index (χ0n) is 10.1. The van der Waals surface area contributed by atoms with Crippen LogP contribution in [-0.4, -0.2) is 16.5 Å². The molecule has 0 radical (unpaired) electrons. The standard InChI is InChI=1S/C13H15N3S2/c1-9-2-3-12(11(6-9)13(14)17)15-5-4-10-7-18-8-16-10/h2-3,6-8,15H,4-5H2,1H3,(H2,14,17). The van der Waals surface area contributed by atoms with E-state index in [9.17, 15) is 0 Å². The van der Waals surface area contributed by atoms with E-state index in [0.717, 1.165) is 35.5 Å². The highest BCUT2D eigenvalue weighted by Gasteiger charge is 2.05. The molecule has 3 nitrogen and oxygen atoms in total. The number of anilines is 1. The molecule has 1 aromatic carbocycles. The van der Waals surface area contributed by atoms with Gasteiger partial charge in [0, 0.05) is 29.6 Å². The molecule has 0 bridgehead atoms. The molecule has 0 aliphatic heterocycles. The number of thiocarbonyl (C=S) groups is 1. The summed E-state index contributed by atoms with van der Waals surface area (Å²) < 4.78 is 0. The van der Waals surface area contributed by atoms with Crippen molar-refractivity contribution in [2.75, 3.05) is 11.9 Å². The smallest absolute Gasteiger partial charge is 0.106 e. The summed E-state index contributed by atoms with van der Waals surface area (Å²) in [7, 11) is 0. The number of aryl methyl sites for hydroxylation is 1. The van der Waals surface area contributed by atoms with Crippen molar-refractivity contribution in [1.29, 1.82) is 0 Å². The van der Waals surface area contributed by atoms with E-state index in [1.807, 2.05) is 30.6 Å². The van der Waals surface area contributed by atoms with E-state index < -0.39 is 0 Å². The lowest BCUT2D eigenvalue weighted by atomic mass is 10.1. The zero-order valence-corrected chi connectivity index (χ0v) is 11.8. The molecule has 0 aliphatic carbocycles. The molecule has 94 valence electrons. The molecule has 3 N–H and O–H groups in total. The SMILES string of the molecule is Cc1ccc(NCCc2cscn2)c(C(N)=S)c1. The Labute approximate surface area is 116 Å². The van der Waals surface area contributed by atoms with Crippen LogP contribution in [0.4, 0.5) is 5.69 Å². The fourth-order valence-electron chi connectivity index (χ4n) is 1.70. The Hall–Kier alpha value is -1.46. The molecule has 0 saturated carbocycles. The lowest BCUT2D eigenvalue weighted by Gasteiger charge is -2.11. The van der Waals surface area contributed by atoms with Crippen LogP contribution in [0.1, 0.15) is 16.8 Å². The second-order valence-corrected chi connectivity index (χ2v) is 5.23. The molecule has 0 aliphatic rings. The van der Waals surface area contributed by atoms with E-state index in [4.69, 9.17) is 18.0 Å². The first kappa shape index (κ1) is 13.0. The van der Waals surface area contributed by atoms with Gasteiger partial charge in [0.1, 0.15) is 4.99 Å². The quantitative estimate of drug-likeness (QED) is 0.825. The Morgan fingerprint density at radius 3 is 3.00 bits per heavy atom. The van der Waals surface area contributed by atoms with Crippen molar-refractivity contribution >= 4 is 34.2 Å². The van der Waals surface area contributed by atoms with Gasteiger partial charge in [-0.2, -0.15) is 0 Å². The molecule has 0 atom stereocenters. The molecule has 2 aromatic rings. The van der Waals surface area contributed by atoms with Gasteiger partial charge in [0.15, 0.2) is 0 Å². The van der Waals surface area contributed by atoms with Gasteiger partial charge in [-0.05, 0) is 19.1 Å². The predicted octanol–water partition coefficient (Wildman–Crippen LogP) is 2.74. The molecule has 0 saturated heterocycles. The van der Waals surface area contributed by atoms with E-state index in [1.165, 1.54) is 0 Å². The molecule has 1 heterocycles. The summed E-state index contributed by atoms with van der Waals surface area (Å²) in [5.41, 5.74) is 11.7. The van der Waals surface area contributed by atoms with Crippen molar-refractivity contribution in [1.82, 2.24) is 4.98 Å². The molecular weight excluding hydrogens is 262 g/mol. The third-order valence-electron chi connectivity index (χ3n) is 2.62. The van der Waals surface area contributed by atoms with Gasteiger partial charge in [0.05, 0.1) is 11.2 Å². The summed E-state index contributed by atoms with van der Waals surface area (Å²) >= 11 is 6.68. The lowest BCUT2D eigenvalue weighted by molar-refractivity contribution is 0.977. The fraction of sp³-hybridized carbons (Fsp3) is 0.231. The summed E-state index contributed by atoms with van der Waals surface area (Å²) in [5, 5.41) is 5.42. The minimum Gasteiger partial charge on any atom is -0.389 e. The molecule has 0 fully saturated rings. The van der Waals surface area contributed by atoms with Gasteiger partial charge in [-0.25, -0.2) is 4.98 Å². The summed E-state index contributed by atoms with van der Waals surface area (Å²) in [5.74, 6) is 0. The van der Waals surface area contributed by atoms with Gasteiger partial charge in [-0.3, -0.25) is 0 Å². The van der Waals surface area contributed by atoms with Gasteiger partial charge >= 0.3 is 0 Å². The number of nitrogens with one attached hydrogen (secondary N) is 1. The van der Waals surface area contributed by atoms with Crippen molar-refractivity contribution in [3.05, 3.63) is 45.9 Å². The number of thiazole rings is 1. The first-order chi connectivity index (χ1) is 8.66. The minimum absolute atomic E-state index is 0.426. The molecule has 2 rings (SSSR count). The topological polar surface area (TPSA) is 50.9 Å². The average Bonchev–Trinajstić information content (AvgIpc) is 2.84. The second-order valence-electron chi connectivity index (χ2n) is 4.07. The highest BCUT2D eigenvalue weighted by molar-refractivity contribution is 7.80. The van der Waals surface area contributed by atoms with Crippen LogP contribution < -0.4 is 11.1 Å². The van der Waals surface area contributed by atoms with E-state index in [2.05, 4.69) is 15.7 Å². The Bertz CT molecular complexity index is 535. The van der Waals surface area contributed by atoms with Gasteiger partial charge < -0.3 is 11.1 Å². The van der Waals surface area contributed by atoms with Crippen LogP contribution in [0, 0.1) is 6.92 Å². The molecule has 18 heavy (non-hydrogen) atoms. The molecule has 1 aromatic heterocycles. The summed E-state index contributed by atoms with van der Waals surface area (Å²) in [6.45, 7) is 2.85. The van der Waals surface area contributed by atoms with Crippen molar-refractivity contribution < 1.29 is 0 Å². The van der Waals surface area contributed by atoms with Gasteiger partial charge in [0.25, 0.3) is 0 Å². The largest absolute Gasteiger partial charge is 0.389 e. The first-order valence-corrected chi connectivity index (χ1v) is 7.03. The first-order valence-electron chi connectivity index (χ1n) is 5.68. The van der Waals surface area contributed by atoms with Gasteiger partial charge in [-0.15, -0.1) is 11.3 Å². The monoisotopic (exact) mass is 277 g/mol. The van der Waals surface area contributed by atoms with Crippen molar-refractivity contribution in [3.63, 3.8) is 0 Å². The number of hydrogen-bond donors (Lipinski definition) is 2. The van der Waals surface area contributed by atoms with Crippen LogP contribution in [-0.2, 0) is 6.42 Å². The van der Waals surface area contributed by atoms with E-state index in [0.29, 0.717) is 4.99 Å². The third kappa shape index (κ3) is 3.27. The minimum atomic E-state index is 0.426. The normalized spacial score (nSPS) is 10.3. The number of aromatic nitrogens is 1. The summed E-state index contributed by atoms with van der Waals surface area (Å²) in [6.07, 6.45) is 0.897. The number of nitrogens with zero attached hydrogens (tertiary/aromatic N) is 1. The number of benzene rings is 1. The van der Waals surface area contributed by atoms with Crippen LogP contribution in [0.15, 0.2) is 29.1 Å². The van der Waals surface area contributed by atoms with Crippen LogP contribution >= 0.6 is 23.6 Å². The number of nitrogens with two attached hydrogens (primary N) is 1. The molecule has 0 unspecified atom stereocenters. The van der Waals surface area contributed by atoms with E-state index >= 15 is 0 Å². The number of hydrogen-bond acceptors (Lipinski definition) is 4. The highest BCUT2D eigenvalue weighted by atomic mass is 32.1. The van der Waals surface area contributed by atoms with Crippen LogP contribution in [0.3, 0.4) is 0 Å². The molecule has 0 amide bonds. The molecule has 0 spiro atoms. The third-order valence-corrected chi connectivity index (χ3v) is 3.48. The number of rotatable bonds is 5. The van der Waals surface area contributed by atoms with E-state index in [-0.39, 0.29) is 0 Å². The maximum absolute atomic E-state index is 5.73. The van der Waals surface area contributed by atoms with Crippen molar-refractivity contribution in [2.45, 2.75) is 13.3 Å². The molecular formula is C13H15N3S2. The second kappa shape index (κ2) is 5.93. The van der Waals surface area contributed by atoms with Crippen LogP contribution in [0.5, 0.6) is 0 Å². The maximum Gasteiger partial charge on any atom is 0.106 e. The Balaban J connectivity index is 2.02. The Morgan fingerprint density at radius 2 is 2.33 bits per heavy atom. The summed E-state index contributed by atoms with van der Waals surface area (Å²) in [4.78, 5) is 4.67. The maximum atomic E-state index is 5.73. The fourth-order valence-corrected chi connectivity index (χ4v) is 2.46. The Kier molecular flexibility index (Phi) is 4.28. The van der Waals surface area contributed by atoms with Crippen molar-refractivity contribution in [2.24, 2.45) is 5.73 Å².